The topological polar surface area (TPSA) is 127 Å². The van der Waals surface area contributed by atoms with Gasteiger partial charge in [0.15, 0.2) is 5.52 Å². The van der Waals surface area contributed by atoms with Crippen LogP contribution in [-0.4, -0.2) is 60.6 Å². The molecule has 8 nitrogen and oxygen atoms in total. The molecule has 0 aromatic carbocycles. The minimum absolute atomic E-state index is 0.194. The molecule has 1 aliphatic rings. The third-order valence-corrected chi connectivity index (χ3v) is 4.22. The van der Waals surface area contributed by atoms with E-state index >= 15 is 0 Å². The fourth-order valence-electron chi connectivity index (χ4n) is 2.52. The average molecular weight is 297 g/mol. The summed E-state index contributed by atoms with van der Waals surface area (Å²) in [6, 6.07) is -0.744. The van der Waals surface area contributed by atoms with Crippen LogP contribution in [0.15, 0.2) is 11.1 Å². The summed E-state index contributed by atoms with van der Waals surface area (Å²) in [5, 5.41) is 30.0. The number of fused-ring (bicyclic) bond motifs is 1. The van der Waals surface area contributed by atoms with Crippen molar-refractivity contribution in [2.24, 2.45) is 0 Å². The molecule has 0 spiro atoms. The second-order valence-electron chi connectivity index (χ2n) is 4.75. The molecule has 0 aliphatic carbocycles. The Morgan fingerprint density at radius 2 is 2.15 bits per heavy atom. The van der Waals surface area contributed by atoms with Gasteiger partial charge in [-0.3, -0.25) is 9.89 Å². The van der Waals surface area contributed by atoms with Gasteiger partial charge in [-0.25, -0.2) is 4.98 Å². The molecular formula is C11H15N5O3S. The van der Waals surface area contributed by atoms with Crippen molar-refractivity contribution in [1.29, 1.82) is 0 Å². The van der Waals surface area contributed by atoms with Gasteiger partial charge in [-0.2, -0.15) is 16.9 Å². The summed E-state index contributed by atoms with van der Waals surface area (Å²) in [6.07, 6.45) is 1.38. The highest BCUT2D eigenvalue weighted by atomic mass is 32.2. The van der Waals surface area contributed by atoms with Crippen LogP contribution < -0.4 is 10.9 Å². The van der Waals surface area contributed by atoms with Crippen molar-refractivity contribution in [2.75, 3.05) is 12.0 Å². The summed E-state index contributed by atoms with van der Waals surface area (Å²) in [5.74, 6) is 0.675. The predicted octanol–water partition coefficient (Wildman–Crippen LogP) is -1.26. The van der Waals surface area contributed by atoms with Crippen molar-refractivity contribution >= 4 is 22.8 Å². The van der Waals surface area contributed by atoms with E-state index in [2.05, 4.69) is 25.5 Å². The maximum atomic E-state index is 11.6. The first-order valence-corrected chi connectivity index (χ1v) is 7.55. The summed E-state index contributed by atoms with van der Waals surface area (Å²) < 4.78 is 0. The number of hydrogen-bond donors (Lipinski definition) is 5. The van der Waals surface area contributed by atoms with E-state index in [9.17, 15) is 15.0 Å². The predicted molar refractivity (Wildman–Crippen MR) is 74.6 cm³/mol. The number of aliphatic hydroxyl groups is 2. The summed E-state index contributed by atoms with van der Waals surface area (Å²) in [7, 11) is 0. The molecule has 1 saturated heterocycles. The molecule has 1 aliphatic heterocycles. The van der Waals surface area contributed by atoms with Gasteiger partial charge in [-0.1, -0.05) is 0 Å². The van der Waals surface area contributed by atoms with Gasteiger partial charge in [-0.05, 0) is 6.26 Å². The van der Waals surface area contributed by atoms with Crippen LogP contribution in [-0.2, 0) is 0 Å². The van der Waals surface area contributed by atoms with E-state index in [4.69, 9.17) is 0 Å². The minimum atomic E-state index is -0.975. The first kappa shape index (κ1) is 13.6. The Kier molecular flexibility index (Phi) is 3.50. The highest BCUT2D eigenvalue weighted by Crippen LogP contribution is 2.30. The lowest BCUT2D eigenvalue weighted by Crippen LogP contribution is -2.34. The lowest BCUT2D eigenvalue weighted by Gasteiger charge is -2.14. The number of aromatic amines is 2. The Bertz CT molecular complexity index is 671. The van der Waals surface area contributed by atoms with Crippen LogP contribution in [0.1, 0.15) is 11.7 Å². The highest BCUT2D eigenvalue weighted by molar-refractivity contribution is 7.98. The lowest BCUT2D eigenvalue weighted by atomic mass is 10.1. The fourth-order valence-corrected chi connectivity index (χ4v) is 3.18. The SMILES string of the molecule is CSC[C@H]1N[C@@H](c2[nH]nc3c(=O)[nH]cnc23)[C@@H](O)[C@H]1O. The van der Waals surface area contributed by atoms with Gasteiger partial charge in [0.1, 0.15) is 11.6 Å². The molecule has 2 aromatic heterocycles. The van der Waals surface area contributed by atoms with Gasteiger partial charge in [0.2, 0.25) is 0 Å². The molecule has 0 radical (unpaired) electrons. The maximum Gasteiger partial charge on any atom is 0.279 e. The van der Waals surface area contributed by atoms with Gasteiger partial charge < -0.3 is 20.5 Å². The zero-order valence-corrected chi connectivity index (χ0v) is 11.5. The number of aliphatic hydroxyl groups excluding tert-OH is 2. The van der Waals surface area contributed by atoms with Crippen molar-refractivity contribution in [3.63, 3.8) is 0 Å². The number of hydrogen-bond acceptors (Lipinski definition) is 7. The number of nitrogens with one attached hydrogen (secondary N) is 3. The Hall–Kier alpha value is -1.42. The minimum Gasteiger partial charge on any atom is -0.389 e. The first-order chi connectivity index (χ1) is 9.63. The van der Waals surface area contributed by atoms with E-state index in [-0.39, 0.29) is 17.1 Å². The van der Waals surface area contributed by atoms with Crippen LogP contribution in [0.2, 0.25) is 0 Å². The maximum absolute atomic E-state index is 11.6. The molecule has 4 atom stereocenters. The lowest BCUT2D eigenvalue weighted by molar-refractivity contribution is 0.0303. The second-order valence-corrected chi connectivity index (χ2v) is 5.66. The van der Waals surface area contributed by atoms with Gasteiger partial charge >= 0.3 is 0 Å². The zero-order chi connectivity index (χ0) is 14.3. The Labute approximate surface area is 118 Å². The third-order valence-electron chi connectivity index (χ3n) is 3.53. The highest BCUT2D eigenvalue weighted by Gasteiger charge is 2.43. The van der Waals surface area contributed by atoms with Crippen LogP contribution >= 0.6 is 11.8 Å². The molecule has 20 heavy (non-hydrogen) atoms. The molecule has 1 fully saturated rings. The van der Waals surface area contributed by atoms with Gasteiger partial charge in [0.05, 0.1) is 24.2 Å². The van der Waals surface area contributed by atoms with E-state index in [1.807, 2.05) is 6.26 Å². The van der Waals surface area contributed by atoms with Gasteiger partial charge in [0, 0.05) is 11.8 Å². The zero-order valence-electron chi connectivity index (χ0n) is 10.7. The van der Waals surface area contributed by atoms with E-state index in [1.54, 1.807) is 11.8 Å². The molecular weight excluding hydrogens is 282 g/mol. The number of nitrogens with zero attached hydrogens (tertiary/aromatic N) is 2. The van der Waals surface area contributed by atoms with Crippen LogP contribution in [0.4, 0.5) is 0 Å². The van der Waals surface area contributed by atoms with Crippen molar-refractivity contribution < 1.29 is 10.2 Å². The molecule has 0 amide bonds. The van der Waals surface area contributed by atoms with Gasteiger partial charge in [-0.15, -0.1) is 0 Å². The number of H-pyrrole nitrogens is 2. The summed E-state index contributed by atoms with van der Waals surface area (Å²) >= 11 is 1.58. The summed E-state index contributed by atoms with van der Waals surface area (Å²) in [6.45, 7) is 0. The van der Waals surface area contributed by atoms with Crippen molar-refractivity contribution in [2.45, 2.75) is 24.3 Å². The van der Waals surface area contributed by atoms with Crippen LogP contribution in [0.3, 0.4) is 0 Å². The molecule has 3 rings (SSSR count). The first-order valence-electron chi connectivity index (χ1n) is 6.16. The van der Waals surface area contributed by atoms with Crippen molar-refractivity contribution in [1.82, 2.24) is 25.5 Å². The normalized spacial score (nSPS) is 30.1. The van der Waals surface area contributed by atoms with Crippen LogP contribution in [0, 0.1) is 0 Å². The molecule has 5 N–H and O–H groups in total. The van der Waals surface area contributed by atoms with E-state index in [1.165, 1.54) is 6.33 Å². The quantitative estimate of drug-likeness (QED) is 0.479. The Morgan fingerprint density at radius 3 is 2.90 bits per heavy atom. The van der Waals surface area contributed by atoms with Crippen LogP contribution in [0.5, 0.6) is 0 Å². The van der Waals surface area contributed by atoms with E-state index in [0.717, 1.165) is 0 Å². The second kappa shape index (κ2) is 5.17. The monoisotopic (exact) mass is 297 g/mol. The molecule has 0 bridgehead atoms. The molecule has 0 unspecified atom stereocenters. The Balaban J connectivity index is 1.99. The fraction of sp³-hybridized carbons (Fsp3) is 0.545. The van der Waals surface area contributed by atoms with Crippen molar-refractivity contribution in [3.8, 4) is 0 Å². The third kappa shape index (κ3) is 2.03. The van der Waals surface area contributed by atoms with E-state index in [0.29, 0.717) is 17.0 Å². The number of rotatable bonds is 3. The summed E-state index contributed by atoms with van der Waals surface area (Å²) in [5.41, 5.74) is 0.772. The number of thioether (sulfide) groups is 1. The molecule has 108 valence electrons. The molecule has 3 heterocycles. The van der Waals surface area contributed by atoms with Crippen LogP contribution in [0.25, 0.3) is 11.0 Å². The molecule has 2 aromatic rings. The smallest absolute Gasteiger partial charge is 0.279 e. The molecule has 9 heteroatoms. The van der Waals surface area contributed by atoms with E-state index < -0.39 is 18.2 Å². The van der Waals surface area contributed by atoms with Gasteiger partial charge in [0.25, 0.3) is 5.56 Å². The molecule has 0 saturated carbocycles. The largest absolute Gasteiger partial charge is 0.389 e. The van der Waals surface area contributed by atoms with Crippen molar-refractivity contribution in [3.05, 3.63) is 22.4 Å². The standard InChI is InChI=1S/C11H15N5O3S/c1-20-2-4-9(17)10(18)7(14-4)6-5-8(16-15-6)11(19)13-3-12-5/h3-4,7,9-10,14,17-18H,2H2,1H3,(H,15,16)(H,12,13,19)/t4-,7+,9+,10-/m1/s1. The average Bonchev–Trinajstić information content (AvgIpc) is 2.97. The summed E-state index contributed by atoms with van der Waals surface area (Å²) in [4.78, 5) is 18.1. The Morgan fingerprint density at radius 1 is 1.35 bits per heavy atom. The number of aromatic nitrogens is 4.